The lowest BCUT2D eigenvalue weighted by molar-refractivity contribution is 0.471. The Kier molecular flexibility index (Phi) is 4.79. The predicted octanol–water partition coefficient (Wildman–Crippen LogP) is 5.16. The van der Waals surface area contributed by atoms with E-state index in [0.29, 0.717) is 5.56 Å². The molecule has 0 saturated heterocycles. The SMILES string of the molecule is Cc1cc(C)c(C(C)NC(C)c2ccccc2F)c(C)c1. The molecule has 1 N–H and O–H groups in total. The monoisotopic (exact) mass is 285 g/mol. The van der Waals surface area contributed by atoms with Gasteiger partial charge in [0, 0.05) is 17.6 Å². The minimum Gasteiger partial charge on any atom is -0.304 e. The molecule has 0 radical (unpaired) electrons. The van der Waals surface area contributed by atoms with E-state index in [2.05, 4.69) is 45.1 Å². The molecule has 2 aromatic rings. The number of benzene rings is 2. The lowest BCUT2D eigenvalue weighted by atomic mass is 9.94. The fourth-order valence-corrected chi connectivity index (χ4v) is 3.25. The highest BCUT2D eigenvalue weighted by Crippen LogP contribution is 2.26. The summed E-state index contributed by atoms with van der Waals surface area (Å²) in [5.74, 6) is -0.151. The third kappa shape index (κ3) is 3.51. The summed E-state index contributed by atoms with van der Waals surface area (Å²) in [5.41, 5.74) is 5.88. The van der Waals surface area contributed by atoms with Crippen molar-refractivity contribution in [2.45, 2.75) is 46.7 Å². The van der Waals surface area contributed by atoms with E-state index in [1.807, 2.05) is 19.1 Å². The Morgan fingerprint density at radius 1 is 0.905 bits per heavy atom. The van der Waals surface area contributed by atoms with E-state index in [1.165, 1.54) is 28.3 Å². The van der Waals surface area contributed by atoms with Gasteiger partial charge in [0.1, 0.15) is 5.82 Å². The lowest BCUT2D eigenvalue weighted by Crippen LogP contribution is -2.24. The molecule has 112 valence electrons. The second-order valence-electron chi connectivity index (χ2n) is 5.94. The molecule has 2 atom stereocenters. The summed E-state index contributed by atoms with van der Waals surface area (Å²) in [6.07, 6.45) is 0. The average molecular weight is 285 g/mol. The van der Waals surface area contributed by atoms with E-state index in [4.69, 9.17) is 0 Å². The van der Waals surface area contributed by atoms with Crippen molar-refractivity contribution in [3.63, 3.8) is 0 Å². The molecular formula is C19H24FN. The van der Waals surface area contributed by atoms with Crippen LogP contribution in [0.1, 0.15) is 53.7 Å². The van der Waals surface area contributed by atoms with Crippen molar-refractivity contribution in [1.29, 1.82) is 0 Å². The van der Waals surface area contributed by atoms with Gasteiger partial charge in [-0.15, -0.1) is 0 Å². The first-order chi connectivity index (χ1) is 9.90. The number of rotatable bonds is 4. The Bertz CT molecular complexity index is 610. The maximum atomic E-state index is 13.9. The summed E-state index contributed by atoms with van der Waals surface area (Å²) < 4.78 is 13.9. The van der Waals surface area contributed by atoms with Crippen LogP contribution in [0.25, 0.3) is 0 Å². The maximum absolute atomic E-state index is 13.9. The lowest BCUT2D eigenvalue weighted by Gasteiger charge is -2.24. The highest BCUT2D eigenvalue weighted by atomic mass is 19.1. The molecular weight excluding hydrogens is 261 g/mol. The van der Waals surface area contributed by atoms with Gasteiger partial charge in [-0.1, -0.05) is 35.9 Å². The summed E-state index contributed by atoms with van der Waals surface area (Å²) >= 11 is 0. The molecule has 0 amide bonds. The Hall–Kier alpha value is -1.67. The highest BCUT2D eigenvalue weighted by molar-refractivity contribution is 5.39. The van der Waals surface area contributed by atoms with E-state index in [0.717, 1.165) is 0 Å². The Morgan fingerprint density at radius 3 is 2.05 bits per heavy atom. The van der Waals surface area contributed by atoms with Crippen LogP contribution in [-0.2, 0) is 0 Å². The highest BCUT2D eigenvalue weighted by Gasteiger charge is 2.17. The van der Waals surface area contributed by atoms with Crippen LogP contribution >= 0.6 is 0 Å². The summed E-state index contributed by atoms with van der Waals surface area (Å²) in [4.78, 5) is 0. The fraction of sp³-hybridized carbons (Fsp3) is 0.368. The van der Waals surface area contributed by atoms with E-state index < -0.39 is 0 Å². The first kappa shape index (κ1) is 15.7. The van der Waals surface area contributed by atoms with Crippen LogP contribution in [0.5, 0.6) is 0 Å². The third-order valence-electron chi connectivity index (χ3n) is 4.04. The van der Waals surface area contributed by atoms with Gasteiger partial charge in [0.05, 0.1) is 0 Å². The van der Waals surface area contributed by atoms with Crippen molar-refractivity contribution in [1.82, 2.24) is 5.32 Å². The van der Waals surface area contributed by atoms with Gasteiger partial charge in [0.15, 0.2) is 0 Å². The van der Waals surface area contributed by atoms with Crippen LogP contribution < -0.4 is 5.32 Å². The molecule has 0 aliphatic rings. The van der Waals surface area contributed by atoms with Crippen molar-refractivity contribution < 1.29 is 4.39 Å². The summed E-state index contributed by atoms with van der Waals surface area (Å²) in [5, 5.41) is 3.51. The molecule has 2 heteroatoms. The van der Waals surface area contributed by atoms with Gasteiger partial charge in [0.2, 0.25) is 0 Å². The zero-order valence-corrected chi connectivity index (χ0v) is 13.5. The van der Waals surface area contributed by atoms with Gasteiger partial charge >= 0.3 is 0 Å². The van der Waals surface area contributed by atoms with Gasteiger partial charge in [-0.3, -0.25) is 0 Å². The quantitative estimate of drug-likeness (QED) is 0.818. The largest absolute Gasteiger partial charge is 0.304 e. The molecule has 0 aliphatic heterocycles. The van der Waals surface area contributed by atoms with Crippen LogP contribution in [0.3, 0.4) is 0 Å². The molecule has 0 heterocycles. The second kappa shape index (κ2) is 6.40. The van der Waals surface area contributed by atoms with E-state index >= 15 is 0 Å². The van der Waals surface area contributed by atoms with Crippen LogP contribution in [0.15, 0.2) is 36.4 Å². The smallest absolute Gasteiger partial charge is 0.127 e. The van der Waals surface area contributed by atoms with Crippen LogP contribution in [0, 0.1) is 26.6 Å². The average Bonchev–Trinajstić information content (AvgIpc) is 2.37. The number of halogens is 1. The van der Waals surface area contributed by atoms with E-state index in [1.54, 1.807) is 6.07 Å². The van der Waals surface area contributed by atoms with Crippen molar-refractivity contribution in [2.75, 3.05) is 0 Å². The van der Waals surface area contributed by atoms with E-state index in [-0.39, 0.29) is 17.9 Å². The topological polar surface area (TPSA) is 12.0 Å². The standard InChI is InChI=1S/C19H24FN/c1-12-10-13(2)19(14(3)11-12)16(5)21-15(4)17-8-6-7-9-18(17)20/h6-11,15-16,21H,1-5H3. The molecule has 1 nitrogen and oxygen atoms in total. The molecule has 2 rings (SSSR count). The summed E-state index contributed by atoms with van der Waals surface area (Å²) in [7, 11) is 0. The van der Waals surface area contributed by atoms with Crippen LogP contribution in [0.2, 0.25) is 0 Å². The maximum Gasteiger partial charge on any atom is 0.127 e. The number of nitrogens with one attached hydrogen (secondary N) is 1. The minimum atomic E-state index is -0.151. The molecule has 2 unspecified atom stereocenters. The normalized spacial score (nSPS) is 14.0. The summed E-state index contributed by atoms with van der Waals surface area (Å²) in [6.45, 7) is 10.5. The molecule has 2 aromatic carbocycles. The van der Waals surface area contributed by atoms with Crippen molar-refractivity contribution in [3.8, 4) is 0 Å². The van der Waals surface area contributed by atoms with Gasteiger partial charge in [-0.05, 0) is 57.4 Å². The number of hydrogen-bond donors (Lipinski definition) is 1. The number of hydrogen-bond acceptors (Lipinski definition) is 1. The molecule has 0 spiro atoms. The molecule has 0 aliphatic carbocycles. The van der Waals surface area contributed by atoms with Crippen LogP contribution in [0.4, 0.5) is 4.39 Å². The van der Waals surface area contributed by atoms with Gasteiger partial charge < -0.3 is 5.32 Å². The Labute approximate surface area is 127 Å². The van der Waals surface area contributed by atoms with Gasteiger partial charge in [-0.2, -0.15) is 0 Å². The van der Waals surface area contributed by atoms with Crippen LogP contribution in [-0.4, -0.2) is 0 Å². The predicted molar refractivity (Wildman–Crippen MR) is 87.0 cm³/mol. The Balaban J connectivity index is 2.22. The van der Waals surface area contributed by atoms with Crippen molar-refractivity contribution >= 4 is 0 Å². The van der Waals surface area contributed by atoms with Crippen molar-refractivity contribution in [3.05, 3.63) is 70.0 Å². The minimum absolute atomic E-state index is 0.0266. The van der Waals surface area contributed by atoms with Crippen molar-refractivity contribution in [2.24, 2.45) is 0 Å². The fourth-order valence-electron chi connectivity index (χ4n) is 3.25. The first-order valence-corrected chi connectivity index (χ1v) is 7.48. The molecule has 21 heavy (non-hydrogen) atoms. The first-order valence-electron chi connectivity index (χ1n) is 7.48. The molecule has 0 bridgehead atoms. The zero-order chi connectivity index (χ0) is 15.6. The molecule has 0 saturated carbocycles. The van der Waals surface area contributed by atoms with E-state index in [9.17, 15) is 4.39 Å². The van der Waals surface area contributed by atoms with Gasteiger partial charge in [-0.25, -0.2) is 4.39 Å². The molecule has 0 aromatic heterocycles. The number of aryl methyl sites for hydroxylation is 3. The molecule has 0 fully saturated rings. The third-order valence-corrected chi connectivity index (χ3v) is 4.04. The zero-order valence-electron chi connectivity index (χ0n) is 13.5. The van der Waals surface area contributed by atoms with Gasteiger partial charge in [0.25, 0.3) is 0 Å². The second-order valence-corrected chi connectivity index (χ2v) is 5.94. The Morgan fingerprint density at radius 2 is 1.48 bits per heavy atom. The summed E-state index contributed by atoms with van der Waals surface area (Å²) in [6, 6.07) is 11.5.